The topological polar surface area (TPSA) is 69.6 Å². The van der Waals surface area contributed by atoms with E-state index in [0.717, 1.165) is 0 Å². The molecule has 0 aliphatic carbocycles. The molecule has 8 heteroatoms. The fourth-order valence-electron chi connectivity index (χ4n) is 2.28. The van der Waals surface area contributed by atoms with Crippen molar-refractivity contribution in [2.24, 2.45) is 0 Å². The van der Waals surface area contributed by atoms with Crippen molar-refractivity contribution in [2.45, 2.75) is 0 Å². The number of aromatic hydroxyl groups is 1. The van der Waals surface area contributed by atoms with Gasteiger partial charge in [0.25, 0.3) is 11.8 Å². The van der Waals surface area contributed by atoms with Crippen LogP contribution < -0.4 is 10.2 Å². The number of phenols is 1. The summed E-state index contributed by atoms with van der Waals surface area (Å²) in [7, 11) is 0. The first-order chi connectivity index (χ1) is 11.9. The Hall–Kier alpha value is -2.41. The summed E-state index contributed by atoms with van der Waals surface area (Å²) in [6.07, 6.45) is 1.27. The number of nitrogens with zero attached hydrogens (tertiary/aromatic N) is 1. The first kappa shape index (κ1) is 17.4. The Morgan fingerprint density at radius 2 is 1.68 bits per heavy atom. The van der Waals surface area contributed by atoms with Crippen LogP contribution in [0.5, 0.6) is 5.75 Å². The molecule has 0 aromatic heterocycles. The summed E-state index contributed by atoms with van der Waals surface area (Å²) >= 11 is 16.9. The van der Waals surface area contributed by atoms with Crippen molar-refractivity contribution in [1.29, 1.82) is 0 Å². The van der Waals surface area contributed by atoms with Crippen LogP contribution in [0, 0.1) is 0 Å². The van der Waals surface area contributed by atoms with Gasteiger partial charge < -0.3 is 5.11 Å². The van der Waals surface area contributed by atoms with Gasteiger partial charge in [-0.2, -0.15) is 0 Å². The van der Waals surface area contributed by atoms with Crippen molar-refractivity contribution in [3.05, 3.63) is 63.6 Å². The summed E-state index contributed by atoms with van der Waals surface area (Å²) in [4.78, 5) is 26.2. The van der Waals surface area contributed by atoms with E-state index in [1.807, 2.05) is 0 Å². The second-order valence-corrected chi connectivity index (χ2v) is 6.40. The minimum absolute atomic E-state index is 0.0372. The lowest BCUT2D eigenvalue weighted by Gasteiger charge is -2.29. The molecular formula is C17H10Cl2N2O3S. The number of hydrogen-bond donors (Lipinski definition) is 2. The number of carbonyl (C=O) groups excluding carboxylic acids is 2. The van der Waals surface area contributed by atoms with Crippen molar-refractivity contribution in [2.75, 3.05) is 4.90 Å². The summed E-state index contributed by atoms with van der Waals surface area (Å²) in [6.45, 7) is 0. The van der Waals surface area contributed by atoms with Gasteiger partial charge in [-0.25, -0.2) is 0 Å². The molecular weight excluding hydrogens is 383 g/mol. The maximum absolute atomic E-state index is 12.8. The molecule has 0 bridgehead atoms. The third-order valence-electron chi connectivity index (χ3n) is 3.48. The van der Waals surface area contributed by atoms with Gasteiger partial charge in [0.05, 0.1) is 5.69 Å². The van der Waals surface area contributed by atoms with Crippen LogP contribution in [-0.4, -0.2) is 22.0 Å². The molecule has 1 heterocycles. The van der Waals surface area contributed by atoms with Crippen LogP contribution in [0.1, 0.15) is 5.56 Å². The molecule has 1 aliphatic heterocycles. The number of rotatable bonds is 2. The average Bonchev–Trinajstić information content (AvgIpc) is 2.56. The van der Waals surface area contributed by atoms with Crippen molar-refractivity contribution in [3.63, 3.8) is 0 Å². The molecule has 3 rings (SSSR count). The van der Waals surface area contributed by atoms with E-state index >= 15 is 0 Å². The fraction of sp³-hybridized carbons (Fsp3) is 0. The highest BCUT2D eigenvalue weighted by molar-refractivity contribution is 7.80. The van der Waals surface area contributed by atoms with Crippen molar-refractivity contribution < 1.29 is 14.7 Å². The molecule has 2 aromatic rings. The first-order valence-electron chi connectivity index (χ1n) is 7.02. The minimum Gasteiger partial charge on any atom is -0.507 e. The molecule has 1 aliphatic rings. The van der Waals surface area contributed by atoms with E-state index in [1.165, 1.54) is 29.2 Å². The van der Waals surface area contributed by atoms with Gasteiger partial charge in [-0.3, -0.25) is 19.8 Å². The summed E-state index contributed by atoms with van der Waals surface area (Å²) in [5.74, 6) is -1.38. The highest BCUT2D eigenvalue weighted by Gasteiger charge is 2.34. The number of amides is 2. The number of anilines is 1. The molecule has 1 fully saturated rings. The lowest BCUT2D eigenvalue weighted by Crippen LogP contribution is -2.54. The van der Waals surface area contributed by atoms with E-state index in [9.17, 15) is 14.7 Å². The highest BCUT2D eigenvalue weighted by atomic mass is 35.5. The van der Waals surface area contributed by atoms with E-state index in [-0.39, 0.29) is 22.0 Å². The quantitative estimate of drug-likeness (QED) is 0.465. The first-order valence-corrected chi connectivity index (χ1v) is 8.19. The van der Waals surface area contributed by atoms with Crippen LogP contribution in [0.2, 0.25) is 10.0 Å². The zero-order chi connectivity index (χ0) is 18.1. The Labute approximate surface area is 158 Å². The Kier molecular flexibility index (Phi) is 4.76. The summed E-state index contributed by atoms with van der Waals surface area (Å²) in [5.41, 5.74) is 0.525. The second kappa shape index (κ2) is 6.84. The second-order valence-electron chi connectivity index (χ2n) is 5.14. The van der Waals surface area contributed by atoms with Crippen LogP contribution >= 0.6 is 35.4 Å². The Morgan fingerprint density at radius 3 is 2.36 bits per heavy atom. The van der Waals surface area contributed by atoms with E-state index in [0.29, 0.717) is 15.7 Å². The predicted octanol–water partition coefficient (Wildman–Crippen LogP) is 3.53. The molecule has 5 nitrogen and oxygen atoms in total. The Morgan fingerprint density at radius 1 is 1.04 bits per heavy atom. The smallest absolute Gasteiger partial charge is 0.270 e. The minimum atomic E-state index is -0.653. The van der Waals surface area contributed by atoms with E-state index < -0.39 is 11.8 Å². The molecule has 0 saturated carbocycles. The SMILES string of the molecule is O=C1NC(=S)N(c2ccc(Cl)cc2)C(=O)/C1=C/c1cc(Cl)ccc1O. The van der Waals surface area contributed by atoms with Crippen LogP contribution in [0.15, 0.2) is 48.0 Å². The van der Waals surface area contributed by atoms with E-state index in [2.05, 4.69) is 5.32 Å². The molecule has 25 heavy (non-hydrogen) atoms. The van der Waals surface area contributed by atoms with Gasteiger partial charge in [-0.05, 0) is 60.8 Å². The van der Waals surface area contributed by atoms with Gasteiger partial charge in [0.15, 0.2) is 5.11 Å². The van der Waals surface area contributed by atoms with Crippen LogP contribution in [0.4, 0.5) is 5.69 Å². The third-order valence-corrected chi connectivity index (χ3v) is 4.25. The molecule has 0 radical (unpaired) electrons. The highest BCUT2D eigenvalue weighted by Crippen LogP contribution is 2.27. The van der Waals surface area contributed by atoms with Crippen molar-refractivity contribution in [1.82, 2.24) is 5.32 Å². The number of hydrogen-bond acceptors (Lipinski definition) is 4. The monoisotopic (exact) mass is 392 g/mol. The van der Waals surface area contributed by atoms with Gasteiger partial charge in [-0.15, -0.1) is 0 Å². The summed E-state index contributed by atoms with van der Waals surface area (Å²) in [5, 5.41) is 13.2. The van der Waals surface area contributed by atoms with E-state index in [1.54, 1.807) is 24.3 Å². The van der Waals surface area contributed by atoms with Crippen LogP contribution in [-0.2, 0) is 9.59 Å². The van der Waals surface area contributed by atoms with Gasteiger partial charge in [-0.1, -0.05) is 23.2 Å². The zero-order valence-corrected chi connectivity index (χ0v) is 14.8. The molecule has 2 N–H and O–H groups in total. The number of halogens is 2. The molecule has 0 atom stereocenters. The Balaban J connectivity index is 2.05. The zero-order valence-electron chi connectivity index (χ0n) is 12.5. The summed E-state index contributed by atoms with van der Waals surface area (Å²) < 4.78 is 0. The lowest BCUT2D eigenvalue weighted by molar-refractivity contribution is -0.122. The largest absolute Gasteiger partial charge is 0.507 e. The van der Waals surface area contributed by atoms with Crippen molar-refractivity contribution >= 4 is 64.1 Å². The lowest BCUT2D eigenvalue weighted by atomic mass is 10.1. The number of thiocarbonyl (C=S) groups is 1. The van der Waals surface area contributed by atoms with E-state index in [4.69, 9.17) is 35.4 Å². The number of nitrogens with one attached hydrogen (secondary N) is 1. The Bertz CT molecular complexity index is 926. The molecule has 1 saturated heterocycles. The molecule has 0 spiro atoms. The van der Waals surface area contributed by atoms with Gasteiger partial charge in [0.2, 0.25) is 0 Å². The van der Waals surface area contributed by atoms with Crippen LogP contribution in [0.3, 0.4) is 0 Å². The third kappa shape index (κ3) is 3.51. The summed E-state index contributed by atoms with van der Waals surface area (Å²) in [6, 6.07) is 10.8. The fourth-order valence-corrected chi connectivity index (χ4v) is 2.87. The molecule has 2 amide bonds. The number of benzene rings is 2. The van der Waals surface area contributed by atoms with Gasteiger partial charge in [0, 0.05) is 15.6 Å². The maximum atomic E-state index is 12.8. The van der Waals surface area contributed by atoms with Gasteiger partial charge >= 0.3 is 0 Å². The van der Waals surface area contributed by atoms with Gasteiger partial charge in [0.1, 0.15) is 11.3 Å². The normalized spacial score (nSPS) is 16.3. The average molecular weight is 393 g/mol. The number of phenolic OH excluding ortho intramolecular Hbond substituents is 1. The predicted molar refractivity (Wildman–Crippen MR) is 101 cm³/mol. The molecule has 126 valence electrons. The molecule has 2 aromatic carbocycles. The number of carbonyl (C=O) groups is 2. The standard InChI is InChI=1S/C17H10Cl2N2O3S/c18-10-1-4-12(5-2-10)21-16(24)13(15(23)20-17(21)25)8-9-7-11(19)3-6-14(9)22/h1-8,22H,(H,20,23,25)/b13-8+. The van der Waals surface area contributed by atoms with Crippen molar-refractivity contribution in [3.8, 4) is 5.75 Å². The molecule has 0 unspecified atom stereocenters. The maximum Gasteiger partial charge on any atom is 0.270 e. The van der Waals surface area contributed by atoms with Crippen LogP contribution in [0.25, 0.3) is 6.08 Å².